The van der Waals surface area contributed by atoms with Gasteiger partial charge in [-0.05, 0) is 30.3 Å². The fraction of sp³-hybridized carbons (Fsp3) is 0. The molecule has 0 aliphatic rings. The average molecular weight is 283 g/mol. The Morgan fingerprint density at radius 3 is 2.50 bits per heavy atom. The third kappa shape index (κ3) is 2.91. The van der Waals surface area contributed by atoms with Crippen molar-refractivity contribution in [3.63, 3.8) is 0 Å². The Morgan fingerprint density at radius 1 is 1.22 bits per heavy atom. The van der Waals surface area contributed by atoms with E-state index in [4.69, 9.17) is 28.3 Å². The molecular weight excluding hydrogens is 275 g/mol. The summed E-state index contributed by atoms with van der Waals surface area (Å²) in [6.45, 7) is 0. The molecular formula is C12H8Cl2N2O2. The minimum Gasteiger partial charge on any atom is -0.478 e. The number of rotatable bonds is 3. The van der Waals surface area contributed by atoms with Crippen LogP contribution in [0.25, 0.3) is 0 Å². The van der Waals surface area contributed by atoms with Crippen LogP contribution in [-0.2, 0) is 0 Å². The highest BCUT2D eigenvalue weighted by atomic mass is 35.5. The fourth-order valence-electron chi connectivity index (χ4n) is 1.39. The molecule has 0 unspecified atom stereocenters. The van der Waals surface area contributed by atoms with Crippen molar-refractivity contribution < 1.29 is 9.90 Å². The Morgan fingerprint density at radius 2 is 1.89 bits per heavy atom. The second-order valence-corrected chi connectivity index (χ2v) is 4.31. The summed E-state index contributed by atoms with van der Waals surface area (Å²) >= 11 is 11.5. The lowest BCUT2D eigenvalue weighted by Gasteiger charge is -2.09. The van der Waals surface area contributed by atoms with Crippen molar-refractivity contribution in [3.8, 4) is 0 Å². The molecule has 0 fully saturated rings. The van der Waals surface area contributed by atoms with Gasteiger partial charge in [-0.1, -0.05) is 23.2 Å². The molecule has 0 amide bonds. The number of halogens is 2. The number of anilines is 2. The lowest BCUT2D eigenvalue weighted by atomic mass is 10.2. The van der Waals surface area contributed by atoms with Crippen molar-refractivity contribution in [2.75, 3.05) is 5.32 Å². The second-order valence-electron chi connectivity index (χ2n) is 3.49. The maximum atomic E-state index is 11.0. The van der Waals surface area contributed by atoms with Crippen LogP contribution in [0.15, 0.2) is 36.5 Å². The van der Waals surface area contributed by atoms with E-state index in [1.807, 2.05) is 0 Å². The standard InChI is InChI=1S/C12H8Cl2N2O2/c13-7-1-3-8(4-2-7)16-10-5-11(14)15-6-9(10)12(17)18/h1-6H,(H,15,16)(H,17,18). The van der Waals surface area contributed by atoms with Crippen molar-refractivity contribution >= 4 is 40.5 Å². The summed E-state index contributed by atoms with van der Waals surface area (Å²) in [5.74, 6) is -1.07. The number of pyridine rings is 1. The minimum atomic E-state index is -1.07. The number of hydrogen-bond acceptors (Lipinski definition) is 3. The number of carbonyl (C=O) groups is 1. The van der Waals surface area contributed by atoms with Gasteiger partial charge >= 0.3 is 5.97 Å². The van der Waals surface area contributed by atoms with Gasteiger partial charge in [0, 0.05) is 16.9 Å². The Labute approximate surface area is 113 Å². The normalized spacial score (nSPS) is 10.1. The predicted molar refractivity (Wildman–Crippen MR) is 70.9 cm³/mol. The quantitative estimate of drug-likeness (QED) is 0.840. The van der Waals surface area contributed by atoms with Gasteiger partial charge in [0.2, 0.25) is 0 Å². The van der Waals surface area contributed by atoms with Crippen LogP contribution in [0.3, 0.4) is 0 Å². The summed E-state index contributed by atoms with van der Waals surface area (Å²) in [6, 6.07) is 8.34. The van der Waals surface area contributed by atoms with E-state index < -0.39 is 5.97 Å². The molecule has 0 aliphatic heterocycles. The summed E-state index contributed by atoms with van der Waals surface area (Å²) in [5.41, 5.74) is 1.14. The number of carboxylic acids is 1. The van der Waals surface area contributed by atoms with E-state index in [9.17, 15) is 4.79 Å². The van der Waals surface area contributed by atoms with Crippen LogP contribution < -0.4 is 5.32 Å². The van der Waals surface area contributed by atoms with Gasteiger partial charge in [0.15, 0.2) is 0 Å². The SMILES string of the molecule is O=C(O)c1cnc(Cl)cc1Nc1ccc(Cl)cc1. The molecule has 2 rings (SSSR count). The van der Waals surface area contributed by atoms with E-state index >= 15 is 0 Å². The highest BCUT2D eigenvalue weighted by Crippen LogP contribution is 2.24. The number of aromatic carboxylic acids is 1. The van der Waals surface area contributed by atoms with Gasteiger partial charge in [0.25, 0.3) is 0 Å². The third-order valence-electron chi connectivity index (χ3n) is 2.22. The maximum absolute atomic E-state index is 11.0. The Hall–Kier alpha value is -1.78. The molecule has 0 saturated carbocycles. The topological polar surface area (TPSA) is 62.2 Å². The average Bonchev–Trinajstić information content (AvgIpc) is 2.32. The molecule has 0 atom stereocenters. The zero-order valence-corrected chi connectivity index (χ0v) is 10.5. The first-order valence-corrected chi connectivity index (χ1v) is 5.73. The van der Waals surface area contributed by atoms with E-state index in [2.05, 4.69) is 10.3 Å². The van der Waals surface area contributed by atoms with Crippen molar-refractivity contribution in [2.24, 2.45) is 0 Å². The summed E-state index contributed by atoms with van der Waals surface area (Å²) in [7, 11) is 0. The highest BCUT2D eigenvalue weighted by molar-refractivity contribution is 6.30. The van der Waals surface area contributed by atoms with E-state index in [0.29, 0.717) is 16.4 Å². The zero-order valence-electron chi connectivity index (χ0n) is 9.02. The number of benzene rings is 1. The second kappa shape index (κ2) is 5.25. The molecule has 1 heterocycles. The van der Waals surface area contributed by atoms with Crippen LogP contribution in [-0.4, -0.2) is 16.1 Å². The van der Waals surface area contributed by atoms with Crippen LogP contribution in [0.5, 0.6) is 0 Å². The molecule has 0 radical (unpaired) electrons. The molecule has 18 heavy (non-hydrogen) atoms. The van der Waals surface area contributed by atoms with Crippen molar-refractivity contribution in [1.82, 2.24) is 4.98 Å². The number of carboxylic acid groups (broad SMARTS) is 1. The fourth-order valence-corrected chi connectivity index (χ4v) is 1.68. The third-order valence-corrected chi connectivity index (χ3v) is 2.68. The van der Waals surface area contributed by atoms with Crippen molar-refractivity contribution in [3.05, 3.63) is 52.3 Å². The Kier molecular flexibility index (Phi) is 3.69. The smallest absolute Gasteiger partial charge is 0.339 e. The lowest BCUT2D eigenvalue weighted by Crippen LogP contribution is -2.03. The minimum absolute atomic E-state index is 0.0503. The monoisotopic (exact) mass is 282 g/mol. The van der Waals surface area contributed by atoms with Crippen LogP contribution in [0, 0.1) is 0 Å². The van der Waals surface area contributed by atoms with Gasteiger partial charge < -0.3 is 10.4 Å². The summed E-state index contributed by atoms with van der Waals surface area (Å²) < 4.78 is 0. The molecule has 0 spiro atoms. The number of aromatic nitrogens is 1. The van der Waals surface area contributed by atoms with Gasteiger partial charge in [-0.2, -0.15) is 0 Å². The molecule has 6 heteroatoms. The number of nitrogens with one attached hydrogen (secondary N) is 1. The first-order chi connectivity index (χ1) is 8.56. The first-order valence-electron chi connectivity index (χ1n) is 4.97. The van der Waals surface area contributed by atoms with Gasteiger partial charge in [-0.3, -0.25) is 0 Å². The maximum Gasteiger partial charge on any atom is 0.339 e. The van der Waals surface area contributed by atoms with Crippen molar-refractivity contribution in [1.29, 1.82) is 0 Å². The molecule has 0 saturated heterocycles. The largest absolute Gasteiger partial charge is 0.478 e. The zero-order chi connectivity index (χ0) is 13.1. The summed E-state index contributed by atoms with van der Waals surface area (Å²) in [5, 5.41) is 12.8. The van der Waals surface area contributed by atoms with Crippen LogP contribution in [0.4, 0.5) is 11.4 Å². The molecule has 1 aromatic heterocycles. The predicted octanol–water partition coefficient (Wildman–Crippen LogP) is 3.83. The van der Waals surface area contributed by atoms with Gasteiger partial charge in [-0.25, -0.2) is 9.78 Å². The molecule has 4 nitrogen and oxygen atoms in total. The molecule has 1 aromatic carbocycles. The van der Waals surface area contributed by atoms with E-state index in [0.717, 1.165) is 0 Å². The van der Waals surface area contributed by atoms with E-state index in [1.165, 1.54) is 12.3 Å². The summed E-state index contributed by atoms with van der Waals surface area (Å²) in [6.07, 6.45) is 1.21. The van der Waals surface area contributed by atoms with Gasteiger partial charge in [-0.15, -0.1) is 0 Å². The Bertz CT molecular complexity index is 585. The molecule has 2 N–H and O–H groups in total. The molecule has 0 aliphatic carbocycles. The van der Waals surface area contributed by atoms with E-state index in [-0.39, 0.29) is 10.7 Å². The van der Waals surface area contributed by atoms with Crippen LogP contribution in [0.2, 0.25) is 10.2 Å². The number of nitrogens with zero attached hydrogens (tertiary/aromatic N) is 1. The number of hydrogen-bond donors (Lipinski definition) is 2. The molecule has 2 aromatic rings. The van der Waals surface area contributed by atoms with Crippen molar-refractivity contribution in [2.45, 2.75) is 0 Å². The van der Waals surface area contributed by atoms with E-state index in [1.54, 1.807) is 24.3 Å². The highest BCUT2D eigenvalue weighted by Gasteiger charge is 2.11. The Balaban J connectivity index is 2.35. The van der Waals surface area contributed by atoms with Crippen LogP contribution >= 0.6 is 23.2 Å². The van der Waals surface area contributed by atoms with Gasteiger partial charge in [0.05, 0.1) is 5.69 Å². The summed E-state index contributed by atoms with van der Waals surface area (Å²) in [4.78, 5) is 14.8. The van der Waals surface area contributed by atoms with Crippen LogP contribution in [0.1, 0.15) is 10.4 Å². The lowest BCUT2D eigenvalue weighted by molar-refractivity contribution is 0.0697. The first kappa shape index (κ1) is 12.7. The molecule has 92 valence electrons. The van der Waals surface area contributed by atoms with Gasteiger partial charge in [0.1, 0.15) is 10.7 Å². The molecule has 0 bridgehead atoms.